The van der Waals surface area contributed by atoms with Crippen LogP contribution in [0.25, 0.3) is 0 Å². The normalized spacial score (nSPS) is 20.7. The van der Waals surface area contributed by atoms with Gasteiger partial charge in [0.2, 0.25) is 10.0 Å². The number of rotatable bonds is 5. The van der Waals surface area contributed by atoms with Crippen molar-refractivity contribution < 1.29 is 17.9 Å². The highest BCUT2D eigenvalue weighted by atomic mass is 35.5. The van der Waals surface area contributed by atoms with Crippen molar-refractivity contribution in [1.29, 1.82) is 0 Å². The van der Waals surface area contributed by atoms with Gasteiger partial charge in [0.15, 0.2) is 0 Å². The highest BCUT2D eigenvalue weighted by Gasteiger charge is 2.51. The van der Waals surface area contributed by atoms with Gasteiger partial charge in [-0.3, -0.25) is 4.79 Å². The van der Waals surface area contributed by atoms with Crippen LogP contribution < -0.4 is 0 Å². The monoisotopic (exact) mass is 379 g/mol. The molecule has 1 heterocycles. The summed E-state index contributed by atoms with van der Waals surface area (Å²) in [5.41, 5.74) is 0.796. The minimum atomic E-state index is -3.82. The van der Waals surface area contributed by atoms with Gasteiger partial charge in [-0.15, -0.1) is 0 Å². The quantitative estimate of drug-likeness (QED) is 0.747. The number of carbonyl (C=O) groups is 1. The van der Waals surface area contributed by atoms with Gasteiger partial charge < -0.3 is 4.74 Å². The molecule has 3 rings (SSSR count). The highest BCUT2D eigenvalue weighted by Crippen LogP contribution is 2.43. The summed E-state index contributed by atoms with van der Waals surface area (Å²) in [6.07, 6.45) is 0.381. The first kappa shape index (κ1) is 17.9. The van der Waals surface area contributed by atoms with E-state index < -0.39 is 28.1 Å². The van der Waals surface area contributed by atoms with Crippen molar-refractivity contribution in [3.8, 4) is 0 Å². The molecule has 1 aliphatic rings. The lowest BCUT2D eigenvalue weighted by Gasteiger charge is -2.45. The molecule has 1 saturated heterocycles. The second-order valence-corrected chi connectivity index (χ2v) is 8.00. The lowest BCUT2D eigenvalue weighted by molar-refractivity contribution is -0.153. The Morgan fingerprint density at radius 1 is 1.16 bits per heavy atom. The van der Waals surface area contributed by atoms with Crippen molar-refractivity contribution in [2.24, 2.45) is 0 Å². The average Bonchev–Trinajstić information content (AvgIpc) is 2.56. The summed E-state index contributed by atoms with van der Waals surface area (Å²) >= 11 is 5.91. The van der Waals surface area contributed by atoms with Crippen LogP contribution in [0.15, 0.2) is 59.5 Å². The van der Waals surface area contributed by atoms with Crippen LogP contribution in [0.5, 0.6) is 0 Å². The number of esters is 1. The molecule has 0 saturated carbocycles. The Morgan fingerprint density at radius 2 is 1.80 bits per heavy atom. The van der Waals surface area contributed by atoms with E-state index in [-0.39, 0.29) is 11.5 Å². The largest absolute Gasteiger partial charge is 0.465 e. The molecule has 7 heteroatoms. The second kappa shape index (κ2) is 7.15. The third kappa shape index (κ3) is 3.42. The first-order chi connectivity index (χ1) is 11.9. The van der Waals surface area contributed by atoms with Gasteiger partial charge in [0, 0.05) is 5.02 Å². The van der Waals surface area contributed by atoms with E-state index in [1.807, 2.05) is 0 Å². The van der Waals surface area contributed by atoms with E-state index in [1.54, 1.807) is 49.4 Å². The van der Waals surface area contributed by atoms with Crippen LogP contribution in [0.4, 0.5) is 0 Å². The predicted molar refractivity (Wildman–Crippen MR) is 94.7 cm³/mol. The molecule has 0 aromatic heterocycles. The smallest absolute Gasteiger partial charge is 0.324 e. The molecule has 0 aliphatic carbocycles. The fraction of sp³-hybridized carbons (Fsp3) is 0.278. The molecule has 132 valence electrons. The van der Waals surface area contributed by atoms with Gasteiger partial charge in [0.05, 0.1) is 17.5 Å². The summed E-state index contributed by atoms with van der Waals surface area (Å²) in [6.45, 7) is 1.91. The van der Waals surface area contributed by atoms with Gasteiger partial charge in [-0.25, -0.2) is 8.42 Å². The highest BCUT2D eigenvalue weighted by molar-refractivity contribution is 7.89. The van der Waals surface area contributed by atoms with Crippen LogP contribution in [0.2, 0.25) is 5.02 Å². The van der Waals surface area contributed by atoms with Gasteiger partial charge in [-0.2, -0.15) is 4.31 Å². The Morgan fingerprint density at radius 3 is 2.40 bits per heavy atom. The predicted octanol–water partition coefficient (Wildman–Crippen LogP) is 3.41. The molecule has 0 amide bonds. The van der Waals surface area contributed by atoms with Crippen LogP contribution >= 0.6 is 11.6 Å². The van der Waals surface area contributed by atoms with E-state index in [2.05, 4.69) is 0 Å². The Hall–Kier alpha value is -1.89. The Bertz CT molecular complexity index is 852. The van der Waals surface area contributed by atoms with Gasteiger partial charge in [-0.05, 0) is 43.2 Å². The first-order valence-electron chi connectivity index (χ1n) is 7.96. The van der Waals surface area contributed by atoms with Crippen LogP contribution in [-0.4, -0.2) is 31.3 Å². The third-order valence-corrected chi connectivity index (χ3v) is 6.38. The van der Waals surface area contributed by atoms with Gasteiger partial charge in [0.25, 0.3) is 0 Å². The lowest BCUT2D eigenvalue weighted by Crippen LogP contribution is -2.57. The molecule has 2 aromatic rings. The molecule has 25 heavy (non-hydrogen) atoms. The molecule has 2 aromatic carbocycles. The number of hydrogen-bond donors (Lipinski definition) is 0. The van der Waals surface area contributed by atoms with Crippen LogP contribution in [-0.2, 0) is 19.6 Å². The summed E-state index contributed by atoms with van der Waals surface area (Å²) in [4.78, 5) is 12.4. The molecule has 5 nitrogen and oxygen atoms in total. The number of nitrogens with zero attached hydrogens (tertiary/aromatic N) is 1. The van der Waals surface area contributed by atoms with E-state index in [4.69, 9.17) is 16.3 Å². The number of sulfonamides is 1. The van der Waals surface area contributed by atoms with E-state index >= 15 is 0 Å². The summed E-state index contributed by atoms with van der Waals surface area (Å²) in [7, 11) is -3.82. The molecule has 0 radical (unpaired) electrons. The fourth-order valence-electron chi connectivity index (χ4n) is 2.95. The molecular weight excluding hydrogens is 362 g/mol. The molecule has 2 atom stereocenters. The zero-order chi connectivity index (χ0) is 18.0. The lowest BCUT2D eigenvalue weighted by atomic mass is 9.91. The molecule has 0 N–H and O–H groups in total. The van der Waals surface area contributed by atoms with E-state index in [0.717, 1.165) is 5.56 Å². The van der Waals surface area contributed by atoms with Crippen LogP contribution in [0.1, 0.15) is 24.9 Å². The van der Waals surface area contributed by atoms with Crippen LogP contribution in [0, 0.1) is 0 Å². The average molecular weight is 380 g/mol. The summed E-state index contributed by atoms with van der Waals surface area (Å²) in [5, 5.41) is 0.572. The van der Waals surface area contributed by atoms with E-state index in [1.165, 1.54) is 16.4 Å². The number of hydrogen-bond acceptors (Lipinski definition) is 4. The van der Waals surface area contributed by atoms with Crippen LogP contribution in [0.3, 0.4) is 0 Å². The molecular formula is C18H18ClNO4S. The molecule has 1 aliphatic heterocycles. The molecule has 0 unspecified atom stereocenters. The van der Waals surface area contributed by atoms with Gasteiger partial charge in [-0.1, -0.05) is 41.9 Å². The Kier molecular flexibility index (Phi) is 5.13. The number of halogens is 1. The molecule has 1 fully saturated rings. The summed E-state index contributed by atoms with van der Waals surface area (Å²) in [6, 6.07) is 13.8. The zero-order valence-electron chi connectivity index (χ0n) is 13.6. The Labute approximate surface area is 152 Å². The van der Waals surface area contributed by atoms with Crippen molar-refractivity contribution in [2.45, 2.75) is 30.3 Å². The maximum atomic E-state index is 13.1. The van der Waals surface area contributed by atoms with Gasteiger partial charge >= 0.3 is 5.97 Å². The number of ether oxygens (including phenoxy) is 1. The minimum absolute atomic E-state index is 0.156. The summed E-state index contributed by atoms with van der Waals surface area (Å²) in [5.74, 6) is -0.521. The standard InChI is InChI=1S/C18H18ClNO4S/c1-2-24-18(21)17-12-16(13-8-10-14(19)11-9-13)20(17)25(22,23)15-6-4-3-5-7-15/h3-11,16-17H,2,12H2,1H3/t16-,17+/m0/s1. The van der Waals surface area contributed by atoms with Crippen molar-refractivity contribution >= 4 is 27.6 Å². The van der Waals surface area contributed by atoms with Crippen molar-refractivity contribution in [1.82, 2.24) is 4.31 Å². The van der Waals surface area contributed by atoms with E-state index in [9.17, 15) is 13.2 Å². The second-order valence-electron chi connectivity index (χ2n) is 5.72. The third-order valence-electron chi connectivity index (χ3n) is 4.19. The topological polar surface area (TPSA) is 63.7 Å². The number of benzene rings is 2. The maximum Gasteiger partial charge on any atom is 0.324 e. The van der Waals surface area contributed by atoms with Crippen molar-refractivity contribution in [3.63, 3.8) is 0 Å². The zero-order valence-corrected chi connectivity index (χ0v) is 15.2. The molecule has 0 spiro atoms. The summed E-state index contributed by atoms with van der Waals surface area (Å²) < 4.78 is 32.4. The van der Waals surface area contributed by atoms with E-state index in [0.29, 0.717) is 11.4 Å². The van der Waals surface area contributed by atoms with Crippen molar-refractivity contribution in [3.05, 3.63) is 65.2 Å². The SMILES string of the molecule is CCOC(=O)[C@H]1C[C@@H](c2ccc(Cl)cc2)N1S(=O)(=O)c1ccccc1. The van der Waals surface area contributed by atoms with Gasteiger partial charge in [0.1, 0.15) is 6.04 Å². The fourth-order valence-corrected chi connectivity index (χ4v) is 4.87. The first-order valence-corrected chi connectivity index (χ1v) is 9.77. The minimum Gasteiger partial charge on any atom is -0.465 e. The van der Waals surface area contributed by atoms with Crippen molar-refractivity contribution in [2.75, 3.05) is 6.61 Å². The molecule has 0 bridgehead atoms. The number of carbonyl (C=O) groups excluding carboxylic acids is 1. The Balaban J connectivity index is 1.98. The maximum absolute atomic E-state index is 13.1.